The van der Waals surface area contributed by atoms with Crippen LogP contribution in [0.1, 0.15) is 46.7 Å². The van der Waals surface area contributed by atoms with E-state index in [1.54, 1.807) is 0 Å². The standard InChI is InChI=1S/C14H18N2O2S/c1-9(2)13-12(8-17)19-14(15-13)16(4)7-11-6-5-10(3)18-11/h5-6,8-9H,7H2,1-4H3. The zero-order valence-corrected chi connectivity index (χ0v) is 12.5. The summed E-state index contributed by atoms with van der Waals surface area (Å²) in [5.74, 6) is 2.05. The normalized spacial score (nSPS) is 11.0. The number of hydrogen-bond acceptors (Lipinski definition) is 5. The van der Waals surface area contributed by atoms with Crippen molar-refractivity contribution in [1.29, 1.82) is 0 Å². The number of carbonyl (C=O) groups excluding carboxylic acids is 1. The summed E-state index contributed by atoms with van der Waals surface area (Å²) in [7, 11) is 1.95. The van der Waals surface area contributed by atoms with E-state index in [9.17, 15) is 4.79 Å². The van der Waals surface area contributed by atoms with E-state index in [1.165, 1.54) is 11.3 Å². The van der Waals surface area contributed by atoms with Crippen LogP contribution in [0.5, 0.6) is 0 Å². The Morgan fingerprint density at radius 3 is 2.68 bits per heavy atom. The Kier molecular flexibility index (Phi) is 4.04. The van der Waals surface area contributed by atoms with E-state index in [2.05, 4.69) is 4.98 Å². The third-order valence-electron chi connectivity index (χ3n) is 2.84. The van der Waals surface area contributed by atoms with E-state index in [1.807, 2.05) is 44.9 Å². The summed E-state index contributed by atoms with van der Waals surface area (Å²) in [6, 6.07) is 3.91. The lowest BCUT2D eigenvalue weighted by atomic mass is 10.1. The van der Waals surface area contributed by atoms with E-state index in [4.69, 9.17) is 4.42 Å². The minimum Gasteiger partial charge on any atom is -0.464 e. The number of aromatic nitrogens is 1. The van der Waals surface area contributed by atoms with Gasteiger partial charge in [-0.1, -0.05) is 25.2 Å². The molecule has 0 aliphatic carbocycles. The molecule has 0 bridgehead atoms. The van der Waals surface area contributed by atoms with Crippen molar-refractivity contribution in [2.45, 2.75) is 33.2 Å². The second-order valence-electron chi connectivity index (χ2n) is 4.89. The Balaban J connectivity index is 2.19. The van der Waals surface area contributed by atoms with E-state index in [-0.39, 0.29) is 5.92 Å². The van der Waals surface area contributed by atoms with Crippen LogP contribution in [-0.4, -0.2) is 18.3 Å². The molecule has 5 heteroatoms. The molecule has 0 atom stereocenters. The highest BCUT2D eigenvalue weighted by Gasteiger charge is 2.16. The van der Waals surface area contributed by atoms with Crippen LogP contribution >= 0.6 is 11.3 Å². The molecule has 0 aliphatic heterocycles. The molecular formula is C14H18N2O2S. The third kappa shape index (κ3) is 3.04. The number of aryl methyl sites for hydroxylation is 1. The predicted octanol–water partition coefficient (Wildman–Crippen LogP) is 3.62. The van der Waals surface area contributed by atoms with Gasteiger partial charge in [-0.25, -0.2) is 4.98 Å². The van der Waals surface area contributed by atoms with Gasteiger partial charge < -0.3 is 9.32 Å². The zero-order valence-electron chi connectivity index (χ0n) is 11.6. The van der Waals surface area contributed by atoms with E-state index >= 15 is 0 Å². The average Bonchev–Trinajstić information content (AvgIpc) is 2.95. The van der Waals surface area contributed by atoms with Gasteiger partial charge in [-0.15, -0.1) is 0 Å². The Labute approximate surface area is 117 Å². The molecule has 2 rings (SSSR count). The number of aldehydes is 1. The number of furan rings is 1. The van der Waals surface area contributed by atoms with Gasteiger partial charge in [0.25, 0.3) is 0 Å². The second kappa shape index (κ2) is 5.57. The van der Waals surface area contributed by atoms with Crippen molar-refractivity contribution in [2.24, 2.45) is 0 Å². The van der Waals surface area contributed by atoms with Gasteiger partial charge in [0, 0.05) is 7.05 Å². The van der Waals surface area contributed by atoms with Gasteiger partial charge in [0.05, 0.1) is 17.1 Å². The minimum atomic E-state index is 0.254. The second-order valence-corrected chi connectivity index (χ2v) is 5.90. The average molecular weight is 278 g/mol. The summed E-state index contributed by atoms with van der Waals surface area (Å²) in [6.07, 6.45) is 0.890. The Hall–Kier alpha value is -1.62. The maximum atomic E-state index is 11.1. The van der Waals surface area contributed by atoms with Crippen molar-refractivity contribution in [2.75, 3.05) is 11.9 Å². The van der Waals surface area contributed by atoms with Crippen LogP contribution in [0.25, 0.3) is 0 Å². The first-order valence-corrected chi connectivity index (χ1v) is 7.05. The molecule has 2 heterocycles. The largest absolute Gasteiger partial charge is 0.464 e. The lowest BCUT2D eigenvalue weighted by molar-refractivity contribution is 0.112. The minimum absolute atomic E-state index is 0.254. The van der Waals surface area contributed by atoms with Gasteiger partial charge in [-0.2, -0.15) is 0 Å². The van der Waals surface area contributed by atoms with Crippen LogP contribution in [0.15, 0.2) is 16.5 Å². The van der Waals surface area contributed by atoms with Crippen molar-refractivity contribution in [3.05, 3.63) is 34.2 Å². The highest BCUT2D eigenvalue weighted by atomic mass is 32.1. The topological polar surface area (TPSA) is 46.3 Å². The predicted molar refractivity (Wildman–Crippen MR) is 77.1 cm³/mol. The molecule has 19 heavy (non-hydrogen) atoms. The fourth-order valence-corrected chi connectivity index (χ4v) is 2.86. The van der Waals surface area contributed by atoms with Gasteiger partial charge in [-0.3, -0.25) is 4.79 Å². The SMILES string of the molecule is Cc1ccc(CN(C)c2nc(C(C)C)c(C=O)s2)o1. The quantitative estimate of drug-likeness (QED) is 0.784. The maximum absolute atomic E-state index is 11.1. The molecule has 0 fully saturated rings. The van der Waals surface area contributed by atoms with Gasteiger partial charge >= 0.3 is 0 Å². The van der Waals surface area contributed by atoms with Crippen molar-refractivity contribution < 1.29 is 9.21 Å². The molecular weight excluding hydrogens is 260 g/mol. The fraction of sp³-hybridized carbons (Fsp3) is 0.429. The highest BCUT2D eigenvalue weighted by Crippen LogP contribution is 2.29. The van der Waals surface area contributed by atoms with Crippen LogP contribution in [0.3, 0.4) is 0 Å². The molecule has 0 aromatic carbocycles. The Bertz CT molecular complexity index is 572. The van der Waals surface area contributed by atoms with Crippen molar-refractivity contribution >= 4 is 22.8 Å². The lowest BCUT2D eigenvalue weighted by Gasteiger charge is -2.13. The molecule has 0 unspecified atom stereocenters. The third-order valence-corrected chi connectivity index (χ3v) is 3.95. The number of nitrogens with zero attached hydrogens (tertiary/aromatic N) is 2. The summed E-state index contributed by atoms with van der Waals surface area (Å²) in [6.45, 7) is 6.66. The van der Waals surface area contributed by atoms with E-state index < -0.39 is 0 Å². The molecule has 4 nitrogen and oxygen atoms in total. The van der Waals surface area contributed by atoms with Gasteiger partial charge in [-0.05, 0) is 25.0 Å². The molecule has 102 valence electrons. The number of thiazole rings is 1. The van der Waals surface area contributed by atoms with Crippen LogP contribution in [0.2, 0.25) is 0 Å². The molecule has 2 aromatic heterocycles. The van der Waals surface area contributed by atoms with Crippen LogP contribution < -0.4 is 4.90 Å². The smallest absolute Gasteiger partial charge is 0.186 e. The molecule has 0 radical (unpaired) electrons. The molecule has 0 saturated heterocycles. The van der Waals surface area contributed by atoms with Crippen LogP contribution in [-0.2, 0) is 6.54 Å². The Morgan fingerprint density at radius 1 is 1.47 bits per heavy atom. The number of hydrogen-bond donors (Lipinski definition) is 0. The van der Waals surface area contributed by atoms with Gasteiger partial charge in [0.15, 0.2) is 11.4 Å². The maximum Gasteiger partial charge on any atom is 0.186 e. The van der Waals surface area contributed by atoms with E-state index in [0.29, 0.717) is 11.4 Å². The number of carbonyl (C=O) groups is 1. The summed E-state index contributed by atoms with van der Waals surface area (Å²) in [5.41, 5.74) is 0.873. The zero-order chi connectivity index (χ0) is 14.0. The van der Waals surface area contributed by atoms with Gasteiger partial charge in [0.2, 0.25) is 0 Å². The summed E-state index contributed by atoms with van der Waals surface area (Å²) < 4.78 is 5.55. The first-order valence-electron chi connectivity index (χ1n) is 6.23. The molecule has 0 saturated carbocycles. The molecule has 0 N–H and O–H groups in total. The van der Waals surface area contributed by atoms with Crippen molar-refractivity contribution in [3.63, 3.8) is 0 Å². The van der Waals surface area contributed by atoms with Crippen LogP contribution in [0, 0.1) is 6.92 Å². The van der Waals surface area contributed by atoms with Crippen molar-refractivity contribution in [1.82, 2.24) is 4.98 Å². The summed E-state index contributed by atoms with van der Waals surface area (Å²) in [5, 5.41) is 0.847. The fourth-order valence-electron chi connectivity index (χ4n) is 1.86. The summed E-state index contributed by atoms with van der Waals surface area (Å²) in [4.78, 5) is 18.3. The summed E-state index contributed by atoms with van der Waals surface area (Å²) >= 11 is 1.43. The lowest BCUT2D eigenvalue weighted by Crippen LogP contribution is -2.15. The molecule has 0 amide bonds. The van der Waals surface area contributed by atoms with Gasteiger partial charge in [0.1, 0.15) is 11.5 Å². The molecule has 2 aromatic rings. The van der Waals surface area contributed by atoms with E-state index in [0.717, 1.165) is 28.6 Å². The van der Waals surface area contributed by atoms with Crippen LogP contribution in [0.4, 0.5) is 5.13 Å². The monoisotopic (exact) mass is 278 g/mol. The van der Waals surface area contributed by atoms with Crippen molar-refractivity contribution in [3.8, 4) is 0 Å². The Morgan fingerprint density at radius 2 is 2.21 bits per heavy atom. The highest BCUT2D eigenvalue weighted by molar-refractivity contribution is 7.17. The number of rotatable bonds is 5. The first kappa shape index (κ1) is 13.8. The molecule has 0 spiro atoms. The molecule has 0 aliphatic rings. The first-order chi connectivity index (χ1) is 9.01. The number of anilines is 1.